The van der Waals surface area contributed by atoms with E-state index in [4.69, 9.17) is 4.74 Å². The van der Waals surface area contributed by atoms with Gasteiger partial charge in [-0.15, -0.1) is 0 Å². The molecule has 1 aromatic heterocycles. The van der Waals surface area contributed by atoms with Crippen LogP contribution in [-0.2, 0) is 4.79 Å². The van der Waals surface area contributed by atoms with E-state index < -0.39 is 0 Å². The number of hydrogen-bond donors (Lipinski definition) is 2. The third-order valence-electron chi connectivity index (χ3n) is 3.42. The molecular formula is C18H23N3O3. The second-order valence-corrected chi connectivity index (χ2v) is 5.93. The lowest BCUT2D eigenvalue weighted by Crippen LogP contribution is -2.34. The normalized spacial score (nSPS) is 10.5. The van der Waals surface area contributed by atoms with Gasteiger partial charge >= 0.3 is 0 Å². The zero-order valence-electron chi connectivity index (χ0n) is 14.4. The monoisotopic (exact) mass is 329 g/mol. The summed E-state index contributed by atoms with van der Waals surface area (Å²) in [6.07, 6.45) is 0. The van der Waals surface area contributed by atoms with Crippen LogP contribution in [0.3, 0.4) is 0 Å². The zero-order valence-corrected chi connectivity index (χ0v) is 14.4. The van der Waals surface area contributed by atoms with Crippen molar-refractivity contribution in [1.82, 2.24) is 9.99 Å². The Kier molecular flexibility index (Phi) is 5.63. The maximum atomic E-state index is 12.3. The number of hydrogen-bond acceptors (Lipinski definition) is 3. The summed E-state index contributed by atoms with van der Waals surface area (Å²) in [5, 5.41) is 2.75. The third kappa shape index (κ3) is 4.62. The topological polar surface area (TPSA) is 72.4 Å². The Bertz CT molecular complexity index is 698. The van der Waals surface area contributed by atoms with Crippen molar-refractivity contribution in [2.75, 3.05) is 12.0 Å². The van der Waals surface area contributed by atoms with Crippen LogP contribution in [0.5, 0.6) is 5.75 Å². The Labute approximate surface area is 141 Å². The molecule has 24 heavy (non-hydrogen) atoms. The van der Waals surface area contributed by atoms with Gasteiger partial charge in [0.25, 0.3) is 11.8 Å². The van der Waals surface area contributed by atoms with E-state index in [2.05, 4.69) is 10.7 Å². The lowest BCUT2D eigenvalue weighted by molar-refractivity contribution is -0.123. The Hall–Kier alpha value is -2.76. The van der Waals surface area contributed by atoms with Crippen molar-refractivity contribution in [3.8, 4) is 5.75 Å². The quantitative estimate of drug-likeness (QED) is 0.855. The maximum Gasteiger partial charge on any atom is 0.270 e. The smallest absolute Gasteiger partial charge is 0.270 e. The number of benzene rings is 1. The Morgan fingerprint density at radius 3 is 2.17 bits per heavy atom. The van der Waals surface area contributed by atoms with Gasteiger partial charge in [0.15, 0.2) is 6.61 Å². The van der Waals surface area contributed by atoms with Gasteiger partial charge in [0.1, 0.15) is 5.75 Å². The second-order valence-electron chi connectivity index (χ2n) is 5.93. The average molecular weight is 329 g/mol. The SMILES string of the molecule is Cc1ccc(C)n1NC(=O)c1ccc(OCC(=O)NC(C)C)cc1. The number of nitrogens with one attached hydrogen (secondary N) is 2. The molecule has 0 spiro atoms. The molecule has 0 unspecified atom stereocenters. The molecule has 0 saturated carbocycles. The van der Waals surface area contributed by atoms with Crippen molar-refractivity contribution in [2.45, 2.75) is 33.7 Å². The molecule has 0 fully saturated rings. The molecule has 128 valence electrons. The highest BCUT2D eigenvalue weighted by Crippen LogP contribution is 2.13. The van der Waals surface area contributed by atoms with Crippen molar-refractivity contribution in [3.63, 3.8) is 0 Å². The zero-order chi connectivity index (χ0) is 17.7. The van der Waals surface area contributed by atoms with Gasteiger partial charge in [-0.25, -0.2) is 0 Å². The first-order valence-corrected chi connectivity index (χ1v) is 7.85. The lowest BCUT2D eigenvalue weighted by atomic mass is 10.2. The summed E-state index contributed by atoms with van der Waals surface area (Å²) in [5.41, 5.74) is 5.27. The molecule has 2 aromatic rings. The number of amides is 2. The number of carbonyl (C=O) groups excluding carboxylic acids is 2. The van der Waals surface area contributed by atoms with Crippen molar-refractivity contribution in [3.05, 3.63) is 53.3 Å². The molecule has 0 aliphatic rings. The summed E-state index contributed by atoms with van der Waals surface area (Å²) in [7, 11) is 0. The predicted molar refractivity (Wildman–Crippen MR) is 92.8 cm³/mol. The van der Waals surface area contributed by atoms with E-state index in [1.807, 2.05) is 39.8 Å². The van der Waals surface area contributed by atoms with E-state index in [1.165, 1.54) is 0 Å². The van der Waals surface area contributed by atoms with E-state index >= 15 is 0 Å². The fraction of sp³-hybridized carbons (Fsp3) is 0.333. The summed E-state index contributed by atoms with van der Waals surface area (Å²) < 4.78 is 7.14. The molecular weight excluding hydrogens is 306 g/mol. The van der Waals surface area contributed by atoms with Gasteiger partial charge < -0.3 is 10.1 Å². The largest absolute Gasteiger partial charge is 0.484 e. The van der Waals surface area contributed by atoms with Crippen LogP contribution in [0.2, 0.25) is 0 Å². The molecule has 0 radical (unpaired) electrons. The van der Waals surface area contributed by atoms with Crippen LogP contribution in [-0.4, -0.2) is 29.1 Å². The van der Waals surface area contributed by atoms with Gasteiger partial charge in [0.05, 0.1) is 0 Å². The lowest BCUT2D eigenvalue weighted by Gasteiger charge is -2.12. The molecule has 2 amide bonds. The first-order valence-electron chi connectivity index (χ1n) is 7.85. The standard InChI is InChI=1S/C18H23N3O3/c1-12(2)19-17(22)11-24-16-9-7-15(8-10-16)18(23)20-21-13(3)5-6-14(21)4/h5-10,12H,11H2,1-4H3,(H,19,22)(H,20,23). The van der Waals surface area contributed by atoms with Crippen LogP contribution in [0, 0.1) is 13.8 Å². The molecule has 0 bridgehead atoms. The van der Waals surface area contributed by atoms with Crippen LogP contribution in [0.25, 0.3) is 0 Å². The van der Waals surface area contributed by atoms with Crippen molar-refractivity contribution in [1.29, 1.82) is 0 Å². The highest BCUT2D eigenvalue weighted by molar-refractivity contribution is 6.00. The minimum atomic E-state index is -0.207. The molecule has 2 rings (SSSR count). The maximum absolute atomic E-state index is 12.3. The number of nitrogens with zero attached hydrogens (tertiary/aromatic N) is 1. The van der Waals surface area contributed by atoms with Gasteiger partial charge in [0.2, 0.25) is 0 Å². The Balaban J connectivity index is 1.94. The second kappa shape index (κ2) is 7.68. The summed E-state index contributed by atoms with van der Waals surface area (Å²) >= 11 is 0. The van der Waals surface area contributed by atoms with Crippen LogP contribution >= 0.6 is 0 Å². The minimum absolute atomic E-state index is 0.0501. The number of aromatic nitrogens is 1. The fourth-order valence-corrected chi connectivity index (χ4v) is 2.23. The molecule has 0 aliphatic carbocycles. The summed E-state index contributed by atoms with van der Waals surface area (Å²) in [6, 6.07) is 10.6. The van der Waals surface area contributed by atoms with Crippen LogP contribution < -0.4 is 15.5 Å². The van der Waals surface area contributed by atoms with Gasteiger partial charge in [0, 0.05) is 23.0 Å². The molecule has 6 heteroatoms. The molecule has 0 aliphatic heterocycles. The van der Waals surface area contributed by atoms with Crippen molar-refractivity contribution < 1.29 is 14.3 Å². The predicted octanol–water partition coefficient (Wildman–Crippen LogP) is 2.39. The summed E-state index contributed by atoms with van der Waals surface area (Å²) in [6.45, 7) is 7.57. The van der Waals surface area contributed by atoms with E-state index in [9.17, 15) is 9.59 Å². The Morgan fingerprint density at radius 2 is 1.62 bits per heavy atom. The third-order valence-corrected chi connectivity index (χ3v) is 3.42. The first-order chi connectivity index (χ1) is 11.4. The van der Waals surface area contributed by atoms with Gasteiger partial charge in [-0.05, 0) is 64.1 Å². The van der Waals surface area contributed by atoms with Crippen molar-refractivity contribution >= 4 is 11.8 Å². The van der Waals surface area contributed by atoms with Crippen LogP contribution in [0.15, 0.2) is 36.4 Å². The Morgan fingerprint density at radius 1 is 1.04 bits per heavy atom. The first kappa shape index (κ1) is 17.6. The highest BCUT2D eigenvalue weighted by Gasteiger charge is 2.09. The summed E-state index contributed by atoms with van der Waals surface area (Å²) in [5.74, 6) is 0.158. The number of rotatable bonds is 6. The number of aryl methyl sites for hydroxylation is 2. The number of carbonyl (C=O) groups is 2. The highest BCUT2D eigenvalue weighted by atomic mass is 16.5. The number of ether oxygens (including phenoxy) is 1. The molecule has 0 atom stereocenters. The van der Waals surface area contributed by atoms with Gasteiger partial charge in [-0.1, -0.05) is 0 Å². The molecule has 1 heterocycles. The van der Waals surface area contributed by atoms with E-state index in [0.29, 0.717) is 11.3 Å². The fourth-order valence-electron chi connectivity index (χ4n) is 2.23. The van der Waals surface area contributed by atoms with Gasteiger partial charge in [-0.2, -0.15) is 0 Å². The van der Waals surface area contributed by atoms with E-state index in [0.717, 1.165) is 11.4 Å². The molecule has 1 aromatic carbocycles. The van der Waals surface area contributed by atoms with Gasteiger partial charge in [-0.3, -0.25) is 19.7 Å². The van der Waals surface area contributed by atoms with Crippen LogP contribution in [0.4, 0.5) is 0 Å². The average Bonchev–Trinajstić information content (AvgIpc) is 2.84. The molecule has 6 nitrogen and oxygen atoms in total. The molecule has 0 saturated heterocycles. The minimum Gasteiger partial charge on any atom is -0.484 e. The van der Waals surface area contributed by atoms with E-state index in [1.54, 1.807) is 28.9 Å². The summed E-state index contributed by atoms with van der Waals surface area (Å²) in [4.78, 5) is 23.8. The van der Waals surface area contributed by atoms with Crippen LogP contribution in [0.1, 0.15) is 35.6 Å². The molecule has 2 N–H and O–H groups in total. The van der Waals surface area contributed by atoms with E-state index in [-0.39, 0.29) is 24.5 Å². The van der Waals surface area contributed by atoms with Crippen molar-refractivity contribution in [2.24, 2.45) is 0 Å².